The summed E-state index contributed by atoms with van der Waals surface area (Å²) in [4.78, 5) is 37.3. The fraction of sp³-hybridized carbons (Fsp3) is 0.571. The third-order valence-electron chi connectivity index (χ3n) is 3.55. The molecule has 1 fully saturated rings. The number of aromatic nitrogens is 2. The van der Waals surface area contributed by atoms with E-state index >= 15 is 0 Å². The normalized spacial score (nSPS) is 18.0. The molecular weight excluding hydrogens is 288 g/mol. The van der Waals surface area contributed by atoms with Gasteiger partial charge < -0.3 is 15.0 Å². The van der Waals surface area contributed by atoms with Crippen LogP contribution in [0.3, 0.4) is 0 Å². The van der Waals surface area contributed by atoms with Gasteiger partial charge in [0.05, 0.1) is 13.5 Å². The highest BCUT2D eigenvalue weighted by molar-refractivity contribution is 5.98. The van der Waals surface area contributed by atoms with Gasteiger partial charge in [-0.15, -0.1) is 0 Å². The first-order valence-corrected chi connectivity index (χ1v) is 7.26. The maximum absolute atomic E-state index is 12.6. The molecule has 2 amide bonds. The average molecular weight is 308 g/mol. The van der Waals surface area contributed by atoms with Crippen molar-refractivity contribution in [2.75, 3.05) is 20.2 Å². The van der Waals surface area contributed by atoms with Crippen molar-refractivity contribution in [1.82, 2.24) is 20.4 Å². The zero-order chi connectivity index (χ0) is 16.1. The molecule has 0 saturated carbocycles. The monoisotopic (exact) mass is 308 g/mol. The molecule has 8 heteroatoms. The fourth-order valence-corrected chi connectivity index (χ4v) is 2.42. The summed E-state index contributed by atoms with van der Waals surface area (Å²) >= 11 is 0. The summed E-state index contributed by atoms with van der Waals surface area (Å²) in [6.45, 7) is 2.72. The van der Waals surface area contributed by atoms with E-state index in [4.69, 9.17) is 0 Å². The van der Waals surface area contributed by atoms with Crippen LogP contribution in [-0.2, 0) is 20.7 Å². The SMILES string of the molecule is CCCc1cc(C(=O)N2CCNC(=O)[C@@H]2CC(=O)OC)n[nH]1. The molecule has 0 aliphatic carbocycles. The lowest BCUT2D eigenvalue weighted by Crippen LogP contribution is -2.57. The number of aromatic amines is 1. The van der Waals surface area contributed by atoms with Gasteiger partial charge in [0.1, 0.15) is 11.7 Å². The lowest BCUT2D eigenvalue weighted by molar-refractivity contribution is -0.145. The Bertz CT molecular complexity index is 569. The quantitative estimate of drug-likeness (QED) is 0.737. The van der Waals surface area contributed by atoms with Crippen LogP contribution in [0.5, 0.6) is 0 Å². The zero-order valence-electron chi connectivity index (χ0n) is 12.7. The first kappa shape index (κ1) is 16.0. The van der Waals surface area contributed by atoms with Gasteiger partial charge in [-0.25, -0.2) is 0 Å². The summed E-state index contributed by atoms with van der Waals surface area (Å²) in [6.07, 6.45) is 1.57. The van der Waals surface area contributed by atoms with E-state index in [-0.39, 0.29) is 23.9 Å². The van der Waals surface area contributed by atoms with Gasteiger partial charge in [0.15, 0.2) is 0 Å². The van der Waals surface area contributed by atoms with Crippen molar-refractivity contribution in [2.24, 2.45) is 0 Å². The van der Waals surface area contributed by atoms with E-state index in [1.54, 1.807) is 6.07 Å². The van der Waals surface area contributed by atoms with Crippen LogP contribution in [0.2, 0.25) is 0 Å². The molecule has 0 unspecified atom stereocenters. The minimum atomic E-state index is -0.861. The van der Waals surface area contributed by atoms with Crippen LogP contribution in [0.1, 0.15) is 35.9 Å². The second kappa shape index (κ2) is 7.06. The Kier molecular flexibility index (Phi) is 5.13. The van der Waals surface area contributed by atoms with Crippen LogP contribution in [0.4, 0.5) is 0 Å². The second-order valence-corrected chi connectivity index (χ2v) is 5.11. The smallest absolute Gasteiger partial charge is 0.308 e. The molecule has 22 heavy (non-hydrogen) atoms. The highest BCUT2D eigenvalue weighted by Gasteiger charge is 2.36. The van der Waals surface area contributed by atoms with Crippen LogP contribution < -0.4 is 5.32 Å². The number of methoxy groups -OCH3 is 1. The molecule has 1 saturated heterocycles. The third-order valence-corrected chi connectivity index (χ3v) is 3.55. The summed E-state index contributed by atoms with van der Waals surface area (Å²) in [7, 11) is 1.25. The van der Waals surface area contributed by atoms with Gasteiger partial charge >= 0.3 is 5.97 Å². The maximum atomic E-state index is 12.6. The summed E-state index contributed by atoms with van der Waals surface area (Å²) in [6, 6.07) is 0.827. The Morgan fingerprint density at radius 3 is 2.95 bits per heavy atom. The highest BCUT2D eigenvalue weighted by atomic mass is 16.5. The first-order valence-electron chi connectivity index (χ1n) is 7.26. The number of nitrogens with one attached hydrogen (secondary N) is 2. The van der Waals surface area contributed by atoms with Crippen molar-refractivity contribution in [2.45, 2.75) is 32.2 Å². The fourth-order valence-electron chi connectivity index (χ4n) is 2.42. The summed E-state index contributed by atoms with van der Waals surface area (Å²) in [5, 5.41) is 9.47. The zero-order valence-corrected chi connectivity index (χ0v) is 12.7. The highest BCUT2D eigenvalue weighted by Crippen LogP contribution is 2.14. The number of rotatable bonds is 5. The summed E-state index contributed by atoms with van der Waals surface area (Å²) < 4.78 is 4.59. The maximum Gasteiger partial charge on any atom is 0.308 e. The van der Waals surface area contributed by atoms with Crippen LogP contribution in [0.15, 0.2) is 6.07 Å². The topological polar surface area (TPSA) is 104 Å². The number of esters is 1. The number of nitrogens with zero attached hydrogens (tertiary/aromatic N) is 2. The molecular formula is C14H20N4O4. The molecule has 2 rings (SSSR count). The summed E-state index contributed by atoms with van der Waals surface area (Å²) in [5.41, 5.74) is 1.13. The van der Waals surface area contributed by atoms with Crippen molar-refractivity contribution >= 4 is 17.8 Å². The van der Waals surface area contributed by atoms with Crippen LogP contribution in [0, 0.1) is 0 Å². The van der Waals surface area contributed by atoms with Gasteiger partial charge in [0.2, 0.25) is 5.91 Å². The lowest BCUT2D eigenvalue weighted by Gasteiger charge is -2.33. The molecule has 1 aromatic heterocycles. The van der Waals surface area contributed by atoms with E-state index in [0.29, 0.717) is 13.1 Å². The Labute approximate surface area is 128 Å². The van der Waals surface area contributed by atoms with Gasteiger partial charge in [-0.2, -0.15) is 5.10 Å². The number of carbonyl (C=O) groups excluding carboxylic acids is 3. The molecule has 0 aromatic carbocycles. The molecule has 8 nitrogen and oxygen atoms in total. The van der Waals surface area contributed by atoms with E-state index in [2.05, 4.69) is 20.3 Å². The average Bonchev–Trinajstić information content (AvgIpc) is 2.97. The summed E-state index contributed by atoms with van der Waals surface area (Å²) in [5.74, 6) is -1.25. The van der Waals surface area contributed by atoms with Crippen molar-refractivity contribution in [3.63, 3.8) is 0 Å². The number of piperazine rings is 1. The minimum Gasteiger partial charge on any atom is -0.469 e. The van der Waals surface area contributed by atoms with E-state index in [0.717, 1.165) is 18.5 Å². The standard InChI is InChI=1S/C14H20N4O4/c1-3-4-9-7-10(17-16-9)14(21)18-6-5-15-13(20)11(18)8-12(19)22-2/h7,11H,3-6,8H2,1-2H3,(H,15,20)(H,16,17)/t11-/m0/s1. The lowest BCUT2D eigenvalue weighted by atomic mass is 10.1. The van der Waals surface area contributed by atoms with E-state index < -0.39 is 12.0 Å². The molecule has 1 aliphatic rings. The van der Waals surface area contributed by atoms with Gasteiger partial charge in [0, 0.05) is 18.8 Å². The van der Waals surface area contributed by atoms with Crippen molar-refractivity contribution < 1.29 is 19.1 Å². The van der Waals surface area contributed by atoms with Gasteiger partial charge in [-0.1, -0.05) is 13.3 Å². The predicted octanol–water partition coefficient (Wildman–Crippen LogP) is -0.134. The van der Waals surface area contributed by atoms with E-state index in [9.17, 15) is 14.4 Å². The molecule has 0 radical (unpaired) electrons. The number of hydrogen-bond acceptors (Lipinski definition) is 5. The number of H-pyrrole nitrogens is 1. The minimum absolute atomic E-state index is 0.166. The van der Waals surface area contributed by atoms with Crippen molar-refractivity contribution in [1.29, 1.82) is 0 Å². The molecule has 120 valence electrons. The van der Waals surface area contributed by atoms with Crippen molar-refractivity contribution in [3.05, 3.63) is 17.5 Å². The van der Waals surface area contributed by atoms with Gasteiger partial charge in [-0.05, 0) is 12.5 Å². The second-order valence-electron chi connectivity index (χ2n) is 5.11. The van der Waals surface area contributed by atoms with Crippen molar-refractivity contribution in [3.8, 4) is 0 Å². The molecule has 1 aromatic rings. The number of amides is 2. The number of carbonyl (C=O) groups is 3. The first-order chi connectivity index (χ1) is 10.6. The number of ether oxygens (including phenoxy) is 1. The van der Waals surface area contributed by atoms with Gasteiger partial charge in [-0.3, -0.25) is 19.5 Å². The Morgan fingerprint density at radius 1 is 1.50 bits per heavy atom. The largest absolute Gasteiger partial charge is 0.469 e. The predicted molar refractivity (Wildman–Crippen MR) is 77.0 cm³/mol. The molecule has 1 atom stereocenters. The van der Waals surface area contributed by atoms with Crippen LogP contribution in [-0.4, -0.2) is 59.1 Å². The molecule has 2 heterocycles. The molecule has 0 bridgehead atoms. The third kappa shape index (κ3) is 3.44. The number of aryl methyl sites for hydroxylation is 1. The van der Waals surface area contributed by atoms with E-state index in [1.165, 1.54) is 12.0 Å². The van der Waals surface area contributed by atoms with Crippen LogP contribution >= 0.6 is 0 Å². The Hall–Kier alpha value is -2.38. The van der Waals surface area contributed by atoms with Gasteiger partial charge in [0.25, 0.3) is 5.91 Å². The van der Waals surface area contributed by atoms with E-state index in [1.807, 2.05) is 6.92 Å². The molecule has 2 N–H and O–H groups in total. The molecule has 1 aliphatic heterocycles. The Morgan fingerprint density at radius 2 is 2.27 bits per heavy atom. The number of hydrogen-bond donors (Lipinski definition) is 2. The Balaban J connectivity index is 2.16. The van der Waals surface area contributed by atoms with Crippen LogP contribution in [0.25, 0.3) is 0 Å². The molecule has 0 spiro atoms.